The van der Waals surface area contributed by atoms with Crippen LogP contribution in [0.1, 0.15) is 87.0 Å². The zero-order valence-electron chi connectivity index (χ0n) is 34.3. The van der Waals surface area contributed by atoms with Crippen molar-refractivity contribution < 1.29 is 57.7 Å². The Morgan fingerprint density at radius 1 is 0.807 bits per heavy atom. The fraction of sp³-hybridized carbons (Fsp3) is 0.737. The summed E-state index contributed by atoms with van der Waals surface area (Å²) in [6, 6.07) is -4.12. The number of hydrogen-bond acceptors (Lipinski definition) is 12. The third-order valence-corrected chi connectivity index (χ3v) is 9.81. The van der Waals surface area contributed by atoms with Gasteiger partial charge in [0.1, 0.15) is 41.9 Å². The molecule has 0 aromatic rings. The lowest BCUT2D eigenvalue weighted by Crippen LogP contribution is -2.62. The van der Waals surface area contributed by atoms with E-state index in [4.69, 9.17) is 9.47 Å². The van der Waals surface area contributed by atoms with Gasteiger partial charge >= 0.3 is 12.1 Å². The van der Waals surface area contributed by atoms with Crippen LogP contribution in [0, 0.1) is 11.8 Å². The molecule has 3 rings (SSSR count). The van der Waals surface area contributed by atoms with E-state index in [9.17, 15) is 43.5 Å². The third kappa shape index (κ3) is 13.1. The molecule has 320 valence electrons. The van der Waals surface area contributed by atoms with Gasteiger partial charge in [0.15, 0.2) is 0 Å². The molecule has 19 heteroatoms. The van der Waals surface area contributed by atoms with Gasteiger partial charge in [-0.15, -0.1) is 0 Å². The van der Waals surface area contributed by atoms with E-state index in [1.165, 1.54) is 29.1 Å². The van der Waals surface area contributed by atoms with Crippen LogP contribution in [0.3, 0.4) is 0 Å². The minimum atomic E-state index is -1.64. The number of nitrogens with one attached hydrogen (secondary N) is 5. The van der Waals surface area contributed by atoms with Crippen LogP contribution in [0.5, 0.6) is 0 Å². The Kier molecular flexibility index (Phi) is 16.8. The molecule has 0 spiro atoms. The van der Waals surface area contributed by atoms with Crippen molar-refractivity contribution in [2.75, 3.05) is 40.0 Å². The van der Waals surface area contributed by atoms with Crippen LogP contribution in [0.2, 0.25) is 0 Å². The van der Waals surface area contributed by atoms with Gasteiger partial charge < -0.3 is 50.8 Å². The minimum absolute atomic E-state index is 0.206. The Morgan fingerprint density at radius 3 is 1.95 bits per heavy atom. The zero-order chi connectivity index (χ0) is 42.7. The molecule has 3 aliphatic rings. The molecule has 5 atom stereocenters. The van der Waals surface area contributed by atoms with Crippen molar-refractivity contribution in [3.8, 4) is 0 Å². The summed E-state index contributed by atoms with van der Waals surface area (Å²) in [6.45, 7) is 11.6. The first-order valence-corrected chi connectivity index (χ1v) is 19.5. The Hall–Kier alpha value is -4.78. The first-order valence-electron chi connectivity index (χ1n) is 19.5. The van der Waals surface area contributed by atoms with E-state index in [-0.39, 0.29) is 26.3 Å². The molecule has 19 nitrogen and oxygen atoms in total. The Bertz CT molecular complexity index is 1520. The normalized spacial score (nSPS) is 20.4. The van der Waals surface area contributed by atoms with Gasteiger partial charge in [-0.3, -0.25) is 38.5 Å². The highest BCUT2D eigenvalue weighted by molar-refractivity contribution is 5.99. The van der Waals surface area contributed by atoms with E-state index in [2.05, 4.69) is 31.3 Å². The van der Waals surface area contributed by atoms with E-state index in [1.807, 2.05) is 0 Å². The molecule has 7 amide bonds. The average Bonchev–Trinajstić information content (AvgIpc) is 3.50. The number of carbonyl (C=O) groups is 8. The van der Waals surface area contributed by atoms with Crippen molar-refractivity contribution in [2.24, 2.45) is 11.8 Å². The van der Waals surface area contributed by atoms with E-state index in [0.717, 1.165) is 0 Å². The summed E-state index contributed by atoms with van der Waals surface area (Å²) in [6.07, 6.45) is 2.99. The highest BCUT2D eigenvalue weighted by Crippen LogP contribution is 2.36. The maximum atomic E-state index is 13.8. The summed E-state index contributed by atoms with van der Waals surface area (Å²) in [4.78, 5) is 109. The van der Waals surface area contributed by atoms with Gasteiger partial charge in [0.05, 0.1) is 20.3 Å². The van der Waals surface area contributed by atoms with Crippen LogP contribution < -0.4 is 26.6 Å². The summed E-state index contributed by atoms with van der Waals surface area (Å²) < 4.78 is 15.7. The number of nitrogens with zero attached hydrogens (tertiary/aromatic N) is 2. The number of aliphatic hydroxyl groups excluding tert-OH is 1. The predicted molar refractivity (Wildman–Crippen MR) is 203 cm³/mol. The number of methoxy groups -OCH3 is 1. The molecule has 0 radical (unpaired) electrons. The Balaban J connectivity index is 1.72. The predicted octanol–water partition coefficient (Wildman–Crippen LogP) is -0.396. The van der Waals surface area contributed by atoms with Gasteiger partial charge in [-0.1, -0.05) is 39.8 Å². The monoisotopic (exact) mass is 807 g/mol. The summed E-state index contributed by atoms with van der Waals surface area (Å²) in [5, 5.41) is 22.2. The highest BCUT2D eigenvalue weighted by Gasteiger charge is 2.52. The number of ether oxygens (including phenoxy) is 3. The van der Waals surface area contributed by atoms with E-state index < -0.39 is 101 Å². The number of rotatable bonds is 18. The van der Waals surface area contributed by atoms with Crippen LogP contribution in [0.15, 0.2) is 12.2 Å². The maximum absolute atomic E-state index is 13.8. The van der Waals surface area contributed by atoms with Crippen molar-refractivity contribution in [3.05, 3.63) is 12.2 Å². The third-order valence-electron chi connectivity index (χ3n) is 9.81. The number of esters is 1. The Labute approximate surface area is 333 Å². The van der Waals surface area contributed by atoms with Gasteiger partial charge in [0.25, 0.3) is 5.91 Å². The van der Waals surface area contributed by atoms with Crippen LogP contribution in [-0.4, -0.2) is 144 Å². The zero-order valence-corrected chi connectivity index (χ0v) is 34.3. The summed E-state index contributed by atoms with van der Waals surface area (Å²) in [5.74, 6) is -5.50. The molecular formula is C38H61N7O12. The molecule has 2 heterocycles. The lowest BCUT2D eigenvalue weighted by atomic mass is 9.99. The van der Waals surface area contributed by atoms with E-state index in [0.29, 0.717) is 45.1 Å². The summed E-state index contributed by atoms with van der Waals surface area (Å²) in [7, 11) is 1.18. The van der Waals surface area contributed by atoms with Crippen molar-refractivity contribution in [1.29, 1.82) is 0 Å². The maximum Gasteiger partial charge on any atom is 0.410 e. The second-order valence-electron chi connectivity index (χ2n) is 16.2. The Morgan fingerprint density at radius 2 is 1.39 bits per heavy atom. The molecule has 1 aliphatic carbocycles. The molecular weight excluding hydrogens is 746 g/mol. The van der Waals surface area contributed by atoms with Crippen molar-refractivity contribution in [2.45, 2.75) is 129 Å². The van der Waals surface area contributed by atoms with Gasteiger partial charge in [-0.2, -0.15) is 0 Å². The molecule has 0 aromatic carbocycles. The largest absolute Gasteiger partial charge is 0.468 e. The molecule has 0 unspecified atom stereocenters. The van der Waals surface area contributed by atoms with E-state index in [1.54, 1.807) is 48.5 Å². The number of carbonyl (C=O) groups excluding carboxylic acids is 8. The average molecular weight is 808 g/mol. The van der Waals surface area contributed by atoms with Gasteiger partial charge in [0.2, 0.25) is 35.8 Å². The smallest absolute Gasteiger partial charge is 0.410 e. The molecule has 1 saturated carbocycles. The lowest BCUT2D eigenvalue weighted by Gasteiger charge is -2.32. The van der Waals surface area contributed by atoms with Gasteiger partial charge in [-0.25, -0.2) is 4.79 Å². The minimum Gasteiger partial charge on any atom is -0.468 e. The van der Waals surface area contributed by atoms with Crippen LogP contribution >= 0.6 is 0 Å². The topological polar surface area (TPSA) is 251 Å². The lowest BCUT2D eigenvalue weighted by molar-refractivity contribution is -0.147. The van der Waals surface area contributed by atoms with Gasteiger partial charge in [-0.05, 0) is 71.1 Å². The molecule has 0 aromatic heterocycles. The molecule has 0 bridgehead atoms. The molecule has 2 aliphatic heterocycles. The standard InChI is InChI=1S/C38H61N7O12/c1-22(2)27(30(49)40-28(23(3)4)31(50)43-38(15-16-38)35(53)39-21-26(47)55-8)41-32(51)33(56-20-10-9-19-46)42-29(48)24-13-11-17-44(24)34(52)25-14-12-18-45(25)36(54)57-37(5,6)7/h9-10,22-25,27-28,33,46H,11-21H2,1-8H3,(H,39,53)(H,40,49)(H,41,51)(H,42,48)(H,43,50)/b10-9+/t24-,25-,27-,28-,33-/m0/s1. The summed E-state index contributed by atoms with van der Waals surface area (Å²) >= 11 is 0. The van der Waals surface area contributed by atoms with Crippen LogP contribution in [0.4, 0.5) is 4.79 Å². The second kappa shape index (κ2) is 20.6. The van der Waals surface area contributed by atoms with Crippen molar-refractivity contribution in [3.63, 3.8) is 0 Å². The molecule has 2 saturated heterocycles. The van der Waals surface area contributed by atoms with Crippen molar-refractivity contribution >= 4 is 47.5 Å². The number of amides is 7. The van der Waals surface area contributed by atoms with Crippen molar-refractivity contribution in [1.82, 2.24) is 36.4 Å². The number of hydrogen-bond donors (Lipinski definition) is 6. The molecule has 6 N–H and O–H groups in total. The first-order chi connectivity index (χ1) is 26.7. The number of aliphatic hydroxyl groups is 1. The number of likely N-dealkylation sites (tertiary alicyclic amines) is 2. The molecule has 3 fully saturated rings. The highest BCUT2D eigenvalue weighted by atomic mass is 16.6. The first kappa shape index (κ1) is 46.6. The summed E-state index contributed by atoms with van der Waals surface area (Å²) in [5.41, 5.74) is -2.01. The van der Waals surface area contributed by atoms with Crippen LogP contribution in [-0.2, 0) is 47.8 Å². The molecule has 57 heavy (non-hydrogen) atoms. The fourth-order valence-corrected chi connectivity index (χ4v) is 6.54. The fourth-order valence-electron chi connectivity index (χ4n) is 6.54. The van der Waals surface area contributed by atoms with E-state index >= 15 is 0 Å². The van der Waals surface area contributed by atoms with Gasteiger partial charge in [0, 0.05) is 13.1 Å². The van der Waals surface area contributed by atoms with Crippen LogP contribution in [0.25, 0.3) is 0 Å². The quantitative estimate of drug-likeness (QED) is 0.0589. The second-order valence-corrected chi connectivity index (χ2v) is 16.2. The SMILES string of the molecule is COC(=O)CNC(=O)C1(NC(=O)[C@@H](NC(=O)[C@@H](NC(=O)[C@@H](NC(=O)[C@@H]2CCCN2C(=O)[C@@H]2CCCN2C(=O)OC(C)(C)C)OC/C=C/CO)C(C)C)C(C)C)CC1.